The number of aromatic carboxylic acids is 1. The van der Waals surface area contributed by atoms with Gasteiger partial charge in [0.25, 0.3) is 0 Å². The van der Waals surface area contributed by atoms with E-state index in [4.69, 9.17) is 9.47 Å². The van der Waals surface area contributed by atoms with Gasteiger partial charge in [-0.1, -0.05) is 66.7 Å². The van der Waals surface area contributed by atoms with Gasteiger partial charge in [-0.25, -0.2) is 4.79 Å². The van der Waals surface area contributed by atoms with Gasteiger partial charge in [-0.15, -0.1) is 0 Å². The number of rotatable bonds is 3. The summed E-state index contributed by atoms with van der Waals surface area (Å²) in [6.45, 7) is 18.5. The van der Waals surface area contributed by atoms with Crippen LogP contribution in [0, 0.1) is 56.2 Å². The molecule has 236 valence electrons. The summed E-state index contributed by atoms with van der Waals surface area (Å²) in [5, 5.41) is 11.7. The predicted octanol–water partition coefficient (Wildman–Crippen LogP) is 7.47. The molecule has 6 fully saturated rings. The normalized spacial score (nSPS) is 47.3. The lowest BCUT2D eigenvalue weighted by atomic mass is 9.31. The fourth-order valence-electron chi connectivity index (χ4n) is 13.2. The fraction of sp³-hybridized carbons (Fsp3) is 0.789. The number of carbonyl (C=O) groups is 2. The molecule has 2 bridgehead atoms. The van der Waals surface area contributed by atoms with Gasteiger partial charge < -0.3 is 19.4 Å². The van der Waals surface area contributed by atoms with Gasteiger partial charge in [-0.05, 0) is 121 Å². The number of carbonyl (C=O) groups excluding carboxylic acids is 2. The Balaban J connectivity index is 1.16. The van der Waals surface area contributed by atoms with E-state index in [9.17, 15) is 14.7 Å². The highest BCUT2D eigenvalue weighted by atomic mass is 16.5. The first-order valence-electron chi connectivity index (χ1n) is 17.2. The number of carboxylic acids is 1. The van der Waals surface area contributed by atoms with Crippen molar-refractivity contribution >= 4 is 11.9 Å². The van der Waals surface area contributed by atoms with Gasteiger partial charge in [0, 0.05) is 11.0 Å². The van der Waals surface area contributed by atoms with Gasteiger partial charge in [-0.2, -0.15) is 0 Å². The highest BCUT2D eigenvalue weighted by Gasteiger charge is 2.73. The molecule has 5 saturated carbocycles. The first-order chi connectivity index (χ1) is 20.1. The van der Waals surface area contributed by atoms with Crippen molar-refractivity contribution in [3.63, 3.8) is 0 Å². The van der Waals surface area contributed by atoms with Crippen LogP contribution in [0.15, 0.2) is 24.3 Å². The van der Waals surface area contributed by atoms with Gasteiger partial charge in [0.15, 0.2) is 0 Å². The highest BCUT2D eigenvalue weighted by Crippen LogP contribution is 2.78. The van der Waals surface area contributed by atoms with Crippen molar-refractivity contribution in [2.45, 2.75) is 125 Å². The zero-order valence-electron chi connectivity index (χ0n) is 27.6. The topological polar surface area (TPSA) is 75.7 Å². The van der Waals surface area contributed by atoms with Crippen molar-refractivity contribution in [3.05, 3.63) is 35.4 Å². The molecule has 0 unspecified atom stereocenters. The molecule has 5 nitrogen and oxygen atoms in total. The van der Waals surface area contributed by atoms with Crippen molar-refractivity contribution in [2.75, 3.05) is 6.61 Å². The molecule has 1 heterocycles. The van der Waals surface area contributed by atoms with E-state index in [2.05, 4.69) is 48.5 Å². The SMILES string of the molecule is CC1(C)CC[C@@]23CC[C@]4(C)[C@@H](CC[C@H]5[C@@]6(C)CC[C@@H](OC(=O)c7ccccc7C(=O)[O-])C(C)(C)[C@@H]6CC[C@]54C)[C@@H]2[C@@H]1OC3. The van der Waals surface area contributed by atoms with E-state index < -0.39 is 11.9 Å². The quantitative estimate of drug-likeness (QED) is 0.342. The average molecular weight is 590 g/mol. The summed E-state index contributed by atoms with van der Waals surface area (Å²) < 4.78 is 13.0. The summed E-state index contributed by atoms with van der Waals surface area (Å²) in [5.41, 5.74) is 1.27. The largest absolute Gasteiger partial charge is 0.545 e. The average Bonchev–Trinajstić information content (AvgIpc) is 3.29. The summed E-state index contributed by atoms with van der Waals surface area (Å²) >= 11 is 0. The van der Waals surface area contributed by atoms with E-state index in [-0.39, 0.29) is 38.9 Å². The molecule has 1 saturated heterocycles. The molecule has 0 N–H and O–H groups in total. The van der Waals surface area contributed by atoms with E-state index >= 15 is 0 Å². The molecule has 5 heteroatoms. The molecule has 0 radical (unpaired) electrons. The second kappa shape index (κ2) is 9.33. The Morgan fingerprint density at radius 3 is 2.21 bits per heavy atom. The first-order valence-corrected chi connectivity index (χ1v) is 17.2. The maximum atomic E-state index is 13.3. The van der Waals surface area contributed by atoms with Crippen molar-refractivity contribution in [2.24, 2.45) is 56.2 Å². The first kappa shape index (κ1) is 29.8. The minimum absolute atomic E-state index is 0.0907. The van der Waals surface area contributed by atoms with Crippen LogP contribution in [0.25, 0.3) is 0 Å². The molecule has 1 aliphatic heterocycles. The Bertz CT molecular complexity index is 1330. The lowest BCUT2D eigenvalue weighted by molar-refractivity contribution is -0.255. The van der Waals surface area contributed by atoms with Gasteiger partial charge in [0.1, 0.15) is 6.10 Å². The van der Waals surface area contributed by atoms with Crippen molar-refractivity contribution in [1.82, 2.24) is 0 Å². The Hall–Kier alpha value is -1.88. The monoisotopic (exact) mass is 589 g/mol. The van der Waals surface area contributed by atoms with Crippen molar-refractivity contribution in [3.8, 4) is 0 Å². The Labute approximate surface area is 258 Å². The van der Waals surface area contributed by atoms with Crippen LogP contribution in [0.4, 0.5) is 0 Å². The summed E-state index contributed by atoms with van der Waals surface area (Å²) in [7, 11) is 0. The summed E-state index contributed by atoms with van der Waals surface area (Å²) in [6.07, 6.45) is 12.4. The van der Waals surface area contributed by atoms with Gasteiger partial charge in [-0.3, -0.25) is 0 Å². The Kier molecular flexibility index (Phi) is 6.47. The van der Waals surface area contributed by atoms with E-state index in [1.165, 1.54) is 57.1 Å². The number of hydrogen-bond acceptors (Lipinski definition) is 5. The minimum atomic E-state index is -1.34. The molecule has 1 aromatic rings. The van der Waals surface area contributed by atoms with E-state index in [1.807, 2.05) is 0 Å². The zero-order valence-corrected chi connectivity index (χ0v) is 27.6. The number of hydrogen-bond donors (Lipinski definition) is 0. The molecular formula is C38H53O5-. The van der Waals surface area contributed by atoms with Crippen LogP contribution in [0.3, 0.4) is 0 Å². The van der Waals surface area contributed by atoms with Gasteiger partial charge >= 0.3 is 5.97 Å². The summed E-state index contributed by atoms with van der Waals surface area (Å²) in [5.74, 6) is 0.656. The van der Waals surface area contributed by atoms with Gasteiger partial charge in [0.05, 0.1) is 24.2 Å². The molecule has 43 heavy (non-hydrogen) atoms. The van der Waals surface area contributed by atoms with Crippen LogP contribution >= 0.6 is 0 Å². The molecule has 1 aromatic carbocycles. The molecular weight excluding hydrogens is 536 g/mol. The number of ether oxygens (including phenoxy) is 2. The lowest BCUT2D eigenvalue weighted by Crippen LogP contribution is -2.68. The molecule has 0 amide bonds. The van der Waals surface area contributed by atoms with Crippen molar-refractivity contribution < 1.29 is 24.2 Å². The minimum Gasteiger partial charge on any atom is -0.545 e. The zero-order chi connectivity index (χ0) is 30.8. The van der Waals surface area contributed by atoms with E-state index in [0.29, 0.717) is 34.7 Å². The molecule has 10 atom stereocenters. The summed E-state index contributed by atoms with van der Waals surface area (Å²) in [6, 6.07) is 6.26. The van der Waals surface area contributed by atoms with E-state index in [1.54, 1.807) is 12.1 Å². The number of esters is 1. The molecule has 7 rings (SSSR count). The molecule has 5 aliphatic carbocycles. The lowest BCUT2D eigenvalue weighted by Gasteiger charge is -2.73. The second-order valence-electron chi connectivity index (χ2n) is 17.9. The number of fused-ring (bicyclic) bond motifs is 5. The van der Waals surface area contributed by atoms with Crippen LogP contribution in [0.5, 0.6) is 0 Å². The van der Waals surface area contributed by atoms with Crippen LogP contribution in [-0.4, -0.2) is 30.8 Å². The fourth-order valence-corrected chi connectivity index (χ4v) is 13.2. The van der Waals surface area contributed by atoms with Gasteiger partial charge in [0.2, 0.25) is 0 Å². The van der Waals surface area contributed by atoms with Crippen LogP contribution < -0.4 is 5.11 Å². The third kappa shape index (κ3) is 3.85. The predicted molar refractivity (Wildman–Crippen MR) is 164 cm³/mol. The third-order valence-corrected chi connectivity index (χ3v) is 15.7. The van der Waals surface area contributed by atoms with Crippen LogP contribution in [0.2, 0.25) is 0 Å². The van der Waals surface area contributed by atoms with Crippen LogP contribution in [-0.2, 0) is 9.47 Å². The number of carboxylic acid groups (broad SMARTS) is 1. The van der Waals surface area contributed by atoms with Crippen LogP contribution in [0.1, 0.15) is 133 Å². The van der Waals surface area contributed by atoms with E-state index in [0.717, 1.165) is 31.8 Å². The standard InChI is InChI=1S/C38H54O5/c1-33(2)18-20-38-21-19-36(6)25(29(38)30(33)42-22-38)12-13-27-35(5)16-15-28(34(3,4)26(35)14-17-37(27,36)7)43-32(41)24-11-9-8-10-23(24)31(39)40/h8-11,25-30H,12-22H2,1-7H3,(H,39,40)/p-1/t25-,26-,27-,28+,29+,30-,35-,36+,37+,38-/m0/s1. The maximum absolute atomic E-state index is 13.3. The third-order valence-electron chi connectivity index (χ3n) is 15.7. The molecule has 0 spiro atoms. The molecule has 0 aromatic heterocycles. The molecule has 6 aliphatic rings. The Morgan fingerprint density at radius 1 is 0.791 bits per heavy atom. The summed E-state index contributed by atoms with van der Waals surface area (Å²) in [4.78, 5) is 25.0. The maximum Gasteiger partial charge on any atom is 0.339 e. The smallest absolute Gasteiger partial charge is 0.339 e. The van der Waals surface area contributed by atoms with Crippen molar-refractivity contribution in [1.29, 1.82) is 0 Å². The second-order valence-corrected chi connectivity index (χ2v) is 17.9. The number of benzene rings is 1. The highest BCUT2D eigenvalue weighted by molar-refractivity contribution is 6.01. The Morgan fingerprint density at radius 2 is 1.49 bits per heavy atom.